The minimum atomic E-state index is -1.05. The standard InChI is InChI=1S/C25H21FN4O5S/c1-3-12-35-25(32)22-15(2)28-24(19(13-27)23(22)18-6-4-5-7-20(18)26)36-14-21(31)29-16-8-10-17(11-9-16)30(33)34/h3-11,23,28H,1,12,14H2,2H3,(H,29,31). The van der Waals surface area contributed by atoms with E-state index in [1.165, 1.54) is 48.5 Å². The van der Waals surface area contributed by atoms with Crippen molar-refractivity contribution < 1.29 is 23.6 Å². The second-order valence-electron chi connectivity index (χ2n) is 7.50. The number of halogens is 1. The lowest BCUT2D eigenvalue weighted by Crippen LogP contribution is -2.30. The van der Waals surface area contributed by atoms with Gasteiger partial charge in [-0.1, -0.05) is 42.6 Å². The molecule has 1 unspecified atom stereocenters. The van der Waals surface area contributed by atoms with Gasteiger partial charge in [-0.15, -0.1) is 0 Å². The molecule has 0 radical (unpaired) electrons. The van der Waals surface area contributed by atoms with Crippen LogP contribution < -0.4 is 10.6 Å². The summed E-state index contributed by atoms with van der Waals surface area (Å²) >= 11 is 1.01. The first-order chi connectivity index (χ1) is 17.3. The predicted octanol–water partition coefficient (Wildman–Crippen LogP) is 4.53. The Morgan fingerprint density at radius 1 is 1.31 bits per heavy atom. The number of nitriles is 1. The molecule has 0 aliphatic carbocycles. The number of carbonyl (C=O) groups excluding carboxylic acids is 2. The number of nitrogens with one attached hydrogen (secondary N) is 2. The van der Waals surface area contributed by atoms with Crippen LogP contribution in [0.1, 0.15) is 18.4 Å². The first-order valence-electron chi connectivity index (χ1n) is 10.6. The average Bonchev–Trinajstić information content (AvgIpc) is 2.86. The van der Waals surface area contributed by atoms with Crippen molar-refractivity contribution in [3.63, 3.8) is 0 Å². The van der Waals surface area contributed by atoms with Crippen molar-refractivity contribution >= 4 is 35.0 Å². The maximum atomic E-state index is 14.8. The van der Waals surface area contributed by atoms with Crippen LogP contribution in [0.3, 0.4) is 0 Å². The third-order valence-corrected chi connectivity index (χ3v) is 6.14. The highest BCUT2D eigenvalue weighted by molar-refractivity contribution is 8.03. The topological polar surface area (TPSA) is 134 Å². The van der Waals surface area contributed by atoms with Crippen molar-refractivity contribution in [1.29, 1.82) is 5.26 Å². The van der Waals surface area contributed by atoms with Crippen LogP contribution in [0.4, 0.5) is 15.8 Å². The number of hydrogen-bond donors (Lipinski definition) is 2. The summed E-state index contributed by atoms with van der Waals surface area (Å²) in [4.78, 5) is 35.6. The maximum absolute atomic E-state index is 14.8. The summed E-state index contributed by atoms with van der Waals surface area (Å²) in [6.07, 6.45) is 1.40. The van der Waals surface area contributed by atoms with Crippen molar-refractivity contribution in [2.45, 2.75) is 12.8 Å². The molecule has 1 aliphatic rings. The third-order valence-electron chi connectivity index (χ3n) is 5.13. The Kier molecular flexibility index (Phi) is 8.59. The first-order valence-corrected chi connectivity index (χ1v) is 11.6. The van der Waals surface area contributed by atoms with Crippen molar-refractivity contribution in [3.05, 3.63) is 105 Å². The molecule has 0 spiro atoms. The quantitative estimate of drug-likeness (QED) is 0.218. The van der Waals surface area contributed by atoms with Gasteiger partial charge in [0.2, 0.25) is 5.91 Å². The number of esters is 1. The van der Waals surface area contributed by atoms with Crippen molar-refractivity contribution in [2.75, 3.05) is 17.7 Å². The Morgan fingerprint density at radius 2 is 2.00 bits per heavy atom. The summed E-state index contributed by atoms with van der Waals surface area (Å²) in [5.41, 5.74) is 0.873. The molecule has 11 heteroatoms. The van der Waals surface area contributed by atoms with Gasteiger partial charge in [-0.2, -0.15) is 5.26 Å². The number of non-ortho nitro benzene ring substituents is 1. The molecule has 1 aliphatic heterocycles. The molecule has 0 saturated heterocycles. The number of anilines is 1. The van der Waals surface area contributed by atoms with Gasteiger partial charge in [-0.25, -0.2) is 9.18 Å². The normalized spacial score (nSPS) is 15.0. The Balaban J connectivity index is 1.87. The summed E-state index contributed by atoms with van der Waals surface area (Å²) in [5, 5.41) is 26.7. The van der Waals surface area contributed by atoms with E-state index in [9.17, 15) is 29.4 Å². The molecule has 0 fully saturated rings. The van der Waals surface area contributed by atoms with Crippen LogP contribution in [-0.2, 0) is 14.3 Å². The van der Waals surface area contributed by atoms with Gasteiger partial charge in [0.05, 0.1) is 38.8 Å². The molecule has 36 heavy (non-hydrogen) atoms. The van der Waals surface area contributed by atoms with E-state index in [1.54, 1.807) is 13.0 Å². The molecule has 2 aromatic rings. The summed E-state index contributed by atoms with van der Waals surface area (Å²) in [7, 11) is 0. The van der Waals surface area contributed by atoms with Crippen molar-refractivity contribution in [3.8, 4) is 6.07 Å². The average molecular weight is 509 g/mol. The second kappa shape index (κ2) is 11.8. The first kappa shape index (κ1) is 26.2. The molecule has 2 N–H and O–H groups in total. The summed E-state index contributed by atoms with van der Waals surface area (Å²) in [6, 6.07) is 13.2. The number of rotatable bonds is 9. The van der Waals surface area contributed by atoms with E-state index in [4.69, 9.17) is 4.74 Å². The smallest absolute Gasteiger partial charge is 0.337 e. The molecular formula is C25H21FN4O5S. The van der Waals surface area contributed by atoms with Crippen molar-refractivity contribution in [2.24, 2.45) is 0 Å². The SMILES string of the molecule is C=CCOC(=O)C1=C(C)NC(SCC(=O)Nc2ccc([N+](=O)[O-])cc2)=C(C#N)C1c1ccccc1F. The molecule has 0 bridgehead atoms. The molecule has 0 aromatic heterocycles. The number of allylic oxidation sites excluding steroid dienone is 2. The largest absolute Gasteiger partial charge is 0.458 e. The lowest BCUT2D eigenvalue weighted by molar-refractivity contribution is -0.384. The van der Waals surface area contributed by atoms with E-state index in [0.717, 1.165) is 11.8 Å². The maximum Gasteiger partial charge on any atom is 0.337 e. The van der Waals surface area contributed by atoms with Gasteiger partial charge in [0.15, 0.2) is 0 Å². The fourth-order valence-electron chi connectivity index (χ4n) is 3.53. The van der Waals surface area contributed by atoms with Crippen LogP contribution >= 0.6 is 11.8 Å². The van der Waals surface area contributed by atoms with Gasteiger partial charge in [0.25, 0.3) is 5.69 Å². The molecule has 1 amide bonds. The number of nitro groups is 1. The third kappa shape index (κ3) is 5.97. The molecule has 2 aromatic carbocycles. The van der Waals surface area contributed by atoms with Crippen LogP contribution in [0.25, 0.3) is 0 Å². The zero-order valence-corrected chi connectivity index (χ0v) is 19.9. The number of thioether (sulfide) groups is 1. The number of amides is 1. The van der Waals surface area contributed by atoms with E-state index >= 15 is 0 Å². The molecule has 184 valence electrons. The van der Waals surface area contributed by atoms with Crippen molar-refractivity contribution in [1.82, 2.24) is 5.32 Å². The molecule has 0 saturated carbocycles. The molecule has 1 atom stereocenters. The van der Waals surface area contributed by atoms with Crippen LogP contribution in [0, 0.1) is 27.3 Å². The van der Waals surface area contributed by atoms with E-state index in [2.05, 4.69) is 23.3 Å². The number of dihydropyridines is 1. The van der Waals surface area contributed by atoms with Crippen LogP contribution in [0.2, 0.25) is 0 Å². The number of nitro benzene ring substituents is 1. The summed E-state index contributed by atoms with van der Waals surface area (Å²) < 4.78 is 20.0. The lowest BCUT2D eigenvalue weighted by atomic mass is 9.82. The Hall–Kier alpha value is -4.43. The van der Waals surface area contributed by atoms with Gasteiger partial charge >= 0.3 is 5.97 Å². The van der Waals surface area contributed by atoms with Gasteiger partial charge in [0, 0.05) is 29.1 Å². The Bertz CT molecular complexity index is 1310. The number of hydrogen-bond acceptors (Lipinski definition) is 8. The van der Waals surface area contributed by atoms with Crippen LogP contribution in [-0.4, -0.2) is 29.2 Å². The minimum Gasteiger partial charge on any atom is -0.458 e. The highest BCUT2D eigenvalue weighted by Crippen LogP contribution is 2.41. The van der Waals surface area contributed by atoms with Gasteiger partial charge in [-0.3, -0.25) is 14.9 Å². The highest BCUT2D eigenvalue weighted by atomic mass is 32.2. The zero-order chi connectivity index (χ0) is 26.2. The highest BCUT2D eigenvalue weighted by Gasteiger charge is 2.37. The minimum absolute atomic E-state index is 0.0596. The lowest BCUT2D eigenvalue weighted by Gasteiger charge is -2.29. The summed E-state index contributed by atoms with van der Waals surface area (Å²) in [5.74, 6) is -2.92. The number of carbonyl (C=O) groups is 2. The van der Waals surface area contributed by atoms with E-state index in [1.807, 2.05) is 0 Å². The Morgan fingerprint density at radius 3 is 2.61 bits per heavy atom. The Labute approximate surface area is 210 Å². The number of ether oxygens (including phenoxy) is 1. The molecular weight excluding hydrogens is 487 g/mol. The van der Waals surface area contributed by atoms with Gasteiger partial charge < -0.3 is 15.4 Å². The predicted molar refractivity (Wildman–Crippen MR) is 133 cm³/mol. The number of benzene rings is 2. The fourth-order valence-corrected chi connectivity index (χ4v) is 4.42. The van der Waals surface area contributed by atoms with E-state index < -0.39 is 28.5 Å². The van der Waals surface area contributed by atoms with E-state index in [0.29, 0.717) is 16.4 Å². The number of nitrogens with zero attached hydrogens (tertiary/aromatic N) is 2. The molecule has 1 heterocycles. The van der Waals surface area contributed by atoms with Gasteiger partial charge in [0.1, 0.15) is 12.4 Å². The fraction of sp³-hybridized carbons (Fsp3) is 0.160. The molecule has 3 rings (SSSR count). The van der Waals surface area contributed by atoms with E-state index in [-0.39, 0.29) is 34.8 Å². The molecule has 9 nitrogen and oxygen atoms in total. The van der Waals surface area contributed by atoms with Gasteiger partial charge in [-0.05, 0) is 25.1 Å². The second-order valence-corrected chi connectivity index (χ2v) is 8.49. The van der Waals surface area contributed by atoms with Crippen LogP contribution in [0.5, 0.6) is 0 Å². The van der Waals surface area contributed by atoms with Crippen LogP contribution in [0.15, 0.2) is 83.1 Å². The summed E-state index contributed by atoms with van der Waals surface area (Å²) in [6.45, 7) is 5.05. The zero-order valence-electron chi connectivity index (χ0n) is 19.1. The monoisotopic (exact) mass is 508 g/mol.